The summed E-state index contributed by atoms with van der Waals surface area (Å²) in [7, 11) is 0. The van der Waals surface area contributed by atoms with E-state index in [9.17, 15) is 18.8 Å². The van der Waals surface area contributed by atoms with Crippen LogP contribution in [0.25, 0.3) is 0 Å². The Morgan fingerprint density at radius 1 is 1.13 bits per heavy atom. The van der Waals surface area contributed by atoms with E-state index < -0.39 is 29.1 Å². The zero-order valence-corrected chi connectivity index (χ0v) is 17.4. The minimum Gasteiger partial charge on any atom is -0.324 e. The number of aryl methyl sites for hydroxylation is 1. The van der Waals surface area contributed by atoms with E-state index in [-0.39, 0.29) is 17.9 Å². The van der Waals surface area contributed by atoms with Crippen LogP contribution in [0.2, 0.25) is 5.02 Å². The number of amides is 3. The molecular formula is C23H19ClFN3O3. The number of benzene rings is 2. The fourth-order valence-electron chi connectivity index (χ4n) is 6.24. The average Bonchev–Trinajstić information content (AvgIpc) is 3.43. The molecule has 0 aromatic heterocycles. The van der Waals surface area contributed by atoms with Crippen LogP contribution in [0.3, 0.4) is 0 Å². The summed E-state index contributed by atoms with van der Waals surface area (Å²) in [5.41, 5.74) is 0.746. The van der Waals surface area contributed by atoms with Gasteiger partial charge in [0.25, 0.3) is 0 Å². The van der Waals surface area contributed by atoms with Gasteiger partial charge in [-0.25, -0.2) is 9.29 Å². The summed E-state index contributed by atoms with van der Waals surface area (Å²) >= 11 is 6.17. The molecule has 2 aromatic rings. The SMILES string of the molecule is Cc1ccc(Cl)cc1N1C(=O)[C@@H]2[C@@H]3CCCN3[C@]3(C(=O)Nc4ccc(F)cc43)[C@H]2C1=O. The minimum atomic E-state index is -1.38. The molecule has 4 aliphatic rings. The molecule has 3 saturated heterocycles. The van der Waals surface area contributed by atoms with Crippen LogP contribution in [0.5, 0.6) is 0 Å². The number of halogens is 2. The molecule has 158 valence electrons. The molecule has 0 unspecified atom stereocenters. The summed E-state index contributed by atoms with van der Waals surface area (Å²) in [5.74, 6) is -3.15. The lowest BCUT2D eigenvalue weighted by Crippen LogP contribution is -2.54. The van der Waals surface area contributed by atoms with Gasteiger partial charge in [-0.1, -0.05) is 17.7 Å². The number of fused-ring (bicyclic) bond motifs is 7. The first-order valence-corrected chi connectivity index (χ1v) is 10.8. The third kappa shape index (κ3) is 2.18. The molecule has 8 heteroatoms. The minimum absolute atomic E-state index is 0.245. The molecule has 3 amide bonds. The summed E-state index contributed by atoms with van der Waals surface area (Å²) in [6, 6.07) is 8.97. The quantitative estimate of drug-likeness (QED) is 0.693. The first kappa shape index (κ1) is 19.0. The summed E-state index contributed by atoms with van der Waals surface area (Å²) in [6.07, 6.45) is 1.52. The second-order valence-corrected chi connectivity index (χ2v) is 9.20. The van der Waals surface area contributed by atoms with Gasteiger partial charge >= 0.3 is 0 Å². The summed E-state index contributed by atoms with van der Waals surface area (Å²) < 4.78 is 14.3. The molecule has 0 saturated carbocycles. The van der Waals surface area contributed by atoms with E-state index in [1.807, 2.05) is 11.8 Å². The molecule has 6 rings (SSSR count). The first-order valence-electron chi connectivity index (χ1n) is 10.4. The highest BCUT2D eigenvalue weighted by Crippen LogP contribution is 2.60. The van der Waals surface area contributed by atoms with Gasteiger partial charge in [0.05, 0.1) is 17.5 Å². The number of carbonyl (C=O) groups excluding carboxylic acids is 3. The number of hydrogen-bond acceptors (Lipinski definition) is 4. The molecule has 1 N–H and O–H groups in total. The van der Waals surface area contributed by atoms with Crippen molar-refractivity contribution < 1.29 is 18.8 Å². The van der Waals surface area contributed by atoms with E-state index in [2.05, 4.69) is 5.32 Å². The maximum atomic E-state index is 14.3. The van der Waals surface area contributed by atoms with E-state index in [1.54, 1.807) is 18.2 Å². The van der Waals surface area contributed by atoms with Crippen molar-refractivity contribution in [2.45, 2.75) is 31.3 Å². The van der Waals surface area contributed by atoms with E-state index >= 15 is 0 Å². The molecule has 4 heterocycles. The van der Waals surface area contributed by atoms with Crippen molar-refractivity contribution in [1.29, 1.82) is 0 Å². The van der Waals surface area contributed by atoms with Gasteiger partial charge in [0.15, 0.2) is 0 Å². The van der Waals surface area contributed by atoms with Crippen molar-refractivity contribution in [3.63, 3.8) is 0 Å². The van der Waals surface area contributed by atoms with Crippen LogP contribution >= 0.6 is 11.6 Å². The Bertz CT molecular complexity index is 1200. The Morgan fingerprint density at radius 2 is 1.94 bits per heavy atom. The second-order valence-electron chi connectivity index (χ2n) is 8.76. The van der Waals surface area contributed by atoms with E-state index in [0.717, 1.165) is 12.0 Å². The molecule has 3 fully saturated rings. The van der Waals surface area contributed by atoms with Crippen LogP contribution < -0.4 is 10.2 Å². The van der Waals surface area contributed by atoms with Crippen molar-refractivity contribution in [2.24, 2.45) is 11.8 Å². The normalized spacial score (nSPS) is 31.4. The average molecular weight is 440 g/mol. The van der Waals surface area contributed by atoms with Gasteiger partial charge in [-0.2, -0.15) is 0 Å². The molecule has 4 aliphatic heterocycles. The van der Waals surface area contributed by atoms with Crippen LogP contribution in [-0.4, -0.2) is 35.2 Å². The van der Waals surface area contributed by atoms with Gasteiger partial charge in [-0.15, -0.1) is 0 Å². The summed E-state index contributed by atoms with van der Waals surface area (Å²) in [6.45, 7) is 2.39. The molecule has 31 heavy (non-hydrogen) atoms. The predicted molar refractivity (Wildman–Crippen MR) is 112 cm³/mol. The molecule has 6 nitrogen and oxygen atoms in total. The fraction of sp³-hybridized carbons (Fsp3) is 0.348. The monoisotopic (exact) mass is 439 g/mol. The molecular weight excluding hydrogens is 421 g/mol. The van der Waals surface area contributed by atoms with Crippen LogP contribution in [0.1, 0.15) is 24.0 Å². The number of rotatable bonds is 1. The summed E-state index contributed by atoms with van der Waals surface area (Å²) in [5, 5.41) is 3.26. The fourth-order valence-corrected chi connectivity index (χ4v) is 6.40. The Labute approximate surface area is 183 Å². The second kappa shape index (κ2) is 6.14. The zero-order valence-electron chi connectivity index (χ0n) is 16.7. The Balaban J connectivity index is 1.58. The van der Waals surface area contributed by atoms with E-state index in [1.165, 1.54) is 23.1 Å². The molecule has 0 aliphatic carbocycles. The highest BCUT2D eigenvalue weighted by molar-refractivity contribution is 6.32. The van der Waals surface area contributed by atoms with Gasteiger partial charge in [0, 0.05) is 22.3 Å². The number of carbonyl (C=O) groups is 3. The molecule has 1 spiro atoms. The van der Waals surface area contributed by atoms with Gasteiger partial charge < -0.3 is 5.32 Å². The maximum absolute atomic E-state index is 14.3. The Morgan fingerprint density at radius 3 is 2.74 bits per heavy atom. The van der Waals surface area contributed by atoms with Gasteiger partial charge in [0.2, 0.25) is 17.7 Å². The predicted octanol–water partition coefficient (Wildman–Crippen LogP) is 3.22. The number of nitrogens with one attached hydrogen (secondary N) is 1. The standard InChI is InChI=1S/C23H19ClFN3O3/c1-11-4-5-12(24)9-17(11)28-20(29)18-16-3-2-8-27(16)23(19(18)21(28)30)14-10-13(25)6-7-15(14)26-22(23)31/h4-7,9-10,16,18-19H,2-3,8H2,1H3,(H,26,31)/t16-,18+,19+,23-/m0/s1. The van der Waals surface area contributed by atoms with Crippen LogP contribution in [0.4, 0.5) is 15.8 Å². The Hall–Kier alpha value is -2.77. The highest BCUT2D eigenvalue weighted by Gasteiger charge is 2.74. The van der Waals surface area contributed by atoms with Gasteiger partial charge in [-0.05, 0) is 62.2 Å². The third-order valence-corrected chi connectivity index (χ3v) is 7.60. The van der Waals surface area contributed by atoms with Crippen molar-refractivity contribution in [3.8, 4) is 0 Å². The topological polar surface area (TPSA) is 69.7 Å². The zero-order chi connectivity index (χ0) is 21.7. The largest absolute Gasteiger partial charge is 0.324 e. The third-order valence-electron chi connectivity index (χ3n) is 7.37. The van der Waals surface area contributed by atoms with E-state index in [4.69, 9.17) is 11.6 Å². The highest BCUT2D eigenvalue weighted by atomic mass is 35.5. The van der Waals surface area contributed by atoms with Crippen molar-refractivity contribution in [3.05, 3.63) is 58.4 Å². The lowest BCUT2D eigenvalue weighted by Gasteiger charge is -2.36. The lowest BCUT2D eigenvalue weighted by atomic mass is 9.75. The van der Waals surface area contributed by atoms with Crippen LogP contribution in [0, 0.1) is 24.6 Å². The number of anilines is 2. The molecule has 4 atom stereocenters. The van der Waals surface area contributed by atoms with Crippen molar-refractivity contribution in [1.82, 2.24) is 4.90 Å². The number of imide groups is 1. The van der Waals surface area contributed by atoms with Gasteiger partial charge in [-0.3, -0.25) is 19.3 Å². The molecule has 0 radical (unpaired) electrons. The van der Waals surface area contributed by atoms with Crippen molar-refractivity contribution in [2.75, 3.05) is 16.8 Å². The molecule has 2 aromatic carbocycles. The Kier molecular flexibility index (Phi) is 3.76. The van der Waals surface area contributed by atoms with Crippen molar-refractivity contribution >= 4 is 40.7 Å². The number of nitrogens with zero attached hydrogens (tertiary/aromatic N) is 2. The first-order chi connectivity index (χ1) is 14.9. The van der Waals surface area contributed by atoms with E-state index in [0.29, 0.717) is 34.9 Å². The molecule has 0 bridgehead atoms. The van der Waals surface area contributed by atoms with Crippen LogP contribution in [-0.2, 0) is 19.9 Å². The number of hydrogen-bond donors (Lipinski definition) is 1. The lowest BCUT2D eigenvalue weighted by molar-refractivity contribution is -0.135. The smallest absolute Gasteiger partial charge is 0.250 e. The summed E-state index contributed by atoms with van der Waals surface area (Å²) in [4.78, 5) is 44.2. The maximum Gasteiger partial charge on any atom is 0.250 e. The van der Waals surface area contributed by atoms with Gasteiger partial charge in [0.1, 0.15) is 11.4 Å². The van der Waals surface area contributed by atoms with Crippen LogP contribution in [0.15, 0.2) is 36.4 Å².